The maximum absolute atomic E-state index is 12.7. The lowest BCUT2D eigenvalue weighted by molar-refractivity contribution is 0.0595. The molecule has 1 fully saturated rings. The number of esters is 1. The number of rotatable bonds is 4. The average Bonchev–Trinajstić information content (AvgIpc) is 3.25. The van der Waals surface area contributed by atoms with E-state index in [-0.39, 0.29) is 16.5 Å². The maximum Gasteiger partial charge on any atom is 0.354 e. The second-order valence-electron chi connectivity index (χ2n) is 5.50. The lowest BCUT2D eigenvalue weighted by Crippen LogP contribution is -2.28. The number of hydrogen-bond acceptors (Lipinski definition) is 4. The van der Waals surface area contributed by atoms with Crippen molar-refractivity contribution in [3.8, 4) is 0 Å². The van der Waals surface area contributed by atoms with Gasteiger partial charge >= 0.3 is 5.97 Å². The van der Waals surface area contributed by atoms with E-state index >= 15 is 0 Å². The molecule has 1 saturated heterocycles. The van der Waals surface area contributed by atoms with E-state index < -0.39 is 16.0 Å². The predicted molar refractivity (Wildman–Crippen MR) is 84.7 cm³/mol. The van der Waals surface area contributed by atoms with E-state index in [9.17, 15) is 13.2 Å². The third kappa shape index (κ3) is 3.02. The molecule has 2 heterocycles. The molecule has 1 N–H and O–H groups in total. The van der Waals surface area contributed by atoms with Crippen molar-refractivity contribution in [3.63, 3.8) is 0 Å². The Labute approximate surface area is 135 Å². The molecular weight excluding hydrogens is 316 g/mol. The highest BCUT2D eigenvalue weighted by atomic mass is 32.2. The summed E-state index contributed by atoms with van der Waals surface area (Å²) in [5, 5.41) is 0. The quantitative estimate of drug-likeness (QED) is 0.867. The first kappa shape index (κ1) is 15.8. The van der Waals surface area contributed by atoms with Gasteiger partial charge in [0.05, 0.1) is 7.11 Å². The molecule has 0 amide bonds. The molecule has 0 spiro atoms. The summed E-state index contributed by atoms with van der Waals surface area (Å²) in [6, 6.07) is 11.2. The van der Waals surface area contributed by atoms with Gasteiger partial charge in [-0.25, -0.2) is 13.2 Å². The normalized spacial score (nSPS) is 18.9. The zero-order valence-electron chi connectivity index (χ0n) is 12.7. The van der Waals surface area contributed by atoms with Crippen molar-refractivity contribution in [1.82, 2.24) is 9.29 Å². The van der Waals surface area contributed by atoms with E-state index in [0.717, 1.165) is 12.0 Å². The molecule has 0 radical (unpaired) electrons. The van der Waals surface area contributed by atoms with E-state index in [1.165, 1.54) is 23.7 Å². The number of benzene rings is 1. The number of aromatic amines is 1. The Bertz CT molecular complexity index is 798. The summed E-state index contributed by atoms with van der Waals surface area (Å²) in [5.41, 5.74) is 1.28. The first-order chi connectivity index (χ1) is 11.0. The summed E-state index contributed by atoms with van der Waals surface area (Å²) in [5.74, 6) is -0.389. The minimum atomic E-state index is -3.61. The minimum Gasteiger partial charge on any atom is -0.464 e. The van der Waals surface area contributed by atoms with Crippen molar-refractivity contribution in [2.75, 3.05) is 20.2 Å². The highest BCUT2D eigenvalue weighted by molar-refractivity contribution is 7.89. The molecule has 1 atom stereocenters. The van der Waals surface area contributed by atoms with Crippen molar-refractivity contribution in [1.29, 1.82) is 0 Å². The van der Waals surface area contributed by atoms with Crippen molar-refractivity contribution in [2.45, 2.75) is 17.2 Å². The Kier molecular flexibility index (Phi) is 4.23. The standard InChI is InChI=1S/C16H18N2O4S/c1-22-16(19)15-9-14(10-17-15)23(20,21)18-8-7-13(11-18)12-5-3-2-4-6-12/h2-6,9-10,13,17H,7-8,11H2,1H3/t13-/m1/s1. The summed E-state index contributed by atoms with van der Waals surface area (Å²) >= 11 is 0. The molecule has 1 aliphatic rings. The molecule has 0 saturated carbocycles. The van der Waals surface area contributed by atoms with Crippen LogP contribution < -0.4 is 0 Å². The molecule has 1 aliphatic heterocycles. The third-order valence-electron chi connectivity index (χ3n) is 4.12. The molecular formula is C16H18N2O4S. The summed E-state index contributed by atoms with van der Waals surface area (Å²) in [4.78, 5) is 14.2. The van der Waals surface area contributed by atoms with E-state index in [1.807, 2.05) is 30.3 Å². The molecule has 0 unspecified atom stereocenters. The molecule has 0 aliphatic carbocycles. The van der Waals surface area contributed by atoms with E-state index in [4.69, 9.17) is 0 Å². The predicted octanol–water partition coefficient (Wildman–Crippen LogP) is 1.98. The largest absolute Gasteiger partial charge is 0.464 e. The van der Waals surface area contributed by atoms with Gasteiger partial charge in [0.2, 0.25) is 10.0 Å². The Morgan fingerprint density at radius 1 is 1.30 bits per heavy atom. The maximum atomic E-state index is 12.7. The monoisotopic (exact) mass is 334 g/mol. The Hall–Kier alpha value is -2.12. The van der Waals surface area contributed by atoms with Crippen LogP contribution in [0, 0.1) is 0 Å². The van der Waals surface area contributed by atoms with Crippen LogP contribution in [0.15, 0.2) is 47.5 Å². The van der Waals surface area contributed by atoms with E-state index in [2.05, 4.69) is 9.72 Å². The lowest BCUT2D eigenvalue weighted by atomic mass is 9.99. The van der Waals surface area contributed by atoms with Gasteiger partial charge in [-0.05, 0) is 24.0 Å². The summed E-state index contributed by atoms with van der Waals surface area (Å²) < 4.78 is 31.4. The van der Waals surface area contributed by atoms with Crippen molar-refractivity contribution < 1.29 is 17.9 Å². The highest BCUT2D eigenvalue weighted by Crippen LogP contribution is 2.31. The SMILES string of the molecule is COC(=O)c1cc(S(=O)(=O)N2CC[C@@H](c3ccccc3)C2)c[nH]1. The molecule has 122 valence electrons. The summed E-state index contributed by atoms with van der Waals surface area (Å²) in [6.45, 7) is 0.922. The van der Waals surface area contributed by atoms with Crippen LogP contribution in [0.5, 0.6) is 0 Å². The molecule has 6 nitrogen and oxygen atoms in total. The second kappa shape index (κ2) is 6.17. The van der Waals surface area contributed by atoms with Gasteiger partial charge < -0.3 is 9.72 Å². The van der Waals surface area contributed by atoms with E-state index in [1.54, 1.807) is 0 Å². The number of carbonyl (C=O) groups is 1. The van der Waals surface area contributed by atoms with Crippen LogP contribution in [0.4, 0.5) is 0 Å². The number of nitrogens with one attached hydrogen (secondary N) is 1. The van der Waals surface area contributed by atoms with Crippen LogP contribution in [-0.4, -0.2) is 43.9 Å². The topological polar surface area (TPSA) is 79.5 Å². The number of aromatic nitrogens is 1. The Morgan fingerprint density at radius 2 is 2.04 bits per heavy atom. The van der Waals surface area contributed by atoms with E-state index in [0.29, 0.717) is 13.1 Å². The fourth-order valence-electron chi connectivity index (χ4n) is 2.84. The van der Waals surface area contributed by atoms with Gasteiger partial charge in [-0.15, -0.1) is 0 Å². The number of methoxy groups -OCH3 is 1. The molecule has 2 aromatic rings. The fourth-order valence-corrected chi connectivity index (χ4v) is 4.34. The van der Waals surface area contributed by atoms with Crippen LogP contribution in [0.1, 0.15) is 28.4 Å². The molecule has 3 rings (SSSR count). The zero-order chi connectivity index (χ0) is 16.4. The first-order valence-corrected chi connectivity index (χ1v) is 8.78. The number of sulfonamides is 1. The Balaban J connectivity index is 1.79. The average molecular weight is 334 g/mol. The van der Waals surface area contributed by atoms with Gasteiger partial charge in [0, 0.05) is 19.3 Å². The fraction of sp³-hybridized carbons (Fsp3) is 0.312. The van der Waals surface area contributed by atoms with Gasteiger partial charge in [0.25, 0.3) is 0 Å². The molecule has 1 aromatic carbocycles. The van der Waals surface area contributed by atoms with Gasteiger partial charge in [0.15, 0.2) is 0 Å². The number of hydrogen-bond donors (Lipinski definition) is 1. The van der Waals surface area contributed by atoms with Crippen LogP contribution in [-0.2, 0) is 14.8 Å². The third-order valence-corrected chi connectivity index (χ3v) is 5.96. The minimum absolute atomic E-state index is 0.0895. The van der Waals surface area contributed by atoms with Crippen molar-refractivity contribution in [3.05, 3.63) is 53.9 Å². The number of carbonyl (C=O) groups excluding carboxylic acids is 1. The molecule has 7 heteroatoms. The van der Waals surface area contributed by atoms with Gasteiger partial charge in [-0.3, -0.25) is 0 Å². The van der Waals surface area contributed by atoms with Crippen LogP contribution >= 0.6 is 0 Å². The number of nitrogens with zero attached hydrogens (tertiary/aromatic N) is 1. The van der Waals surface area contributed by atoms with Gasteiger partial charge in [0.1, 0.15) is 10.6 Å². The lowest BCUT2D eigenvalue weighted by Gasteiger charge is -2.15. The first-order valence-electron chi connectivity index (χ1n) is 7.34. The van der Waals surface area contributed by atoms with Crippen LogP contribution in [0.25, 0.3) is 0 Å². The second-order valence-corrected chi connectivity index (χ2v) is 7.44. The smallest absolute Gasteiger partial charge is 0.354 e. The number of H-pyrrole nitrogens is 1. The zero-order valence-corrected chi connectivity index (χ0v) is 13.5. The van der Waals surface area contributed by atoms with Gasteiger partial charge in [-0.1, -0.05) is 30.3 Å². The summed E-state index contributed by atoms with van der Waals surface area (Å²) in [7, 11) is -2.35. The molecule has 0 bridgehead atoms. The molecule has 1 aromatic heterocycles. The molecule has 23 heavy (non-hydrogen) atoms. The highest BCUT2D eigenvalue weighted by Gasteiger charge is 2.34. The van der Waals surface area contributed by atoms with Crippen LogP contribution in [0.2, 0.25) is 0 Å². The Morgan fingerprint density at radius 3 is 2.74 bits per heavy atom. The van der Waals surface area contributed by atoms with Gasteiger partial charge in [-0.2, -0.15) is 4.31 Å². The number of ether oxygens (including phenoxy) is 1. The van der Waals surface area contributed by atoms with Crippen molar-refractivity contribution >= 4 is 16.0 Å². The summed E-state index contributed by atoms with van der Waals surface area (Å²) in [6.07, 6.45) is 2.12. The van der Waals surface area contributed by atoms with Crippen LogP contribution in [0.3, 0.4) is 0 Å². The van der Waals surface area contributed by atoms with Crippen molar-refractivity contribution in [2.24, 2.45) is 0 Å².